The molecule has 0 bridgehead atoms. The first-order chi connectivity index (χ1) is 7.31. The van der Waals surface area contributed by atoms with Crippen LogP contribution < -0.4 is 5.73 Å². The molecule has 3 nitrogen and oxygen atoms in total. The van der Waals surface area contributed by atoms with Crippen LogP contribution in [0.2, 0.25) is 0 Å². The number of phenolic OH excluding ortho intramolecular Hbond substituents is 1. The fraction of sp³-hybridized carbons (Fsp3) is 0.182. The SMILES string of the molecule is NCCc1cnc(-c2ccccc2O)s1. The molecule has 15 heavy (non-hydrogen) atoms. The summed E-state index contributed by atoms with van der Waals surface area (Å²) >= 11 is 1.57. The lowest BCUT2D eigenvalue weighted by atomic mass is 10.2. The molecule has 0 fully saturated rings. The van der Waals surface area contributed by atoms with Crippen molar-refractivity contribution >= 4 is 11.3 Å². The Morgan fingerprint density at radius 2 is 2.13 bits per heavy atom. The lowest BCUT2D eigenvalue weighted by Gasteiger charge is -1.98. The fourth-order valence-corrected chi connectivity index (χ4v) is 2.31. The standard InChI is InChI=1S/C11H12N2OS/c12-6-5-8-7-13-11(15-8)9-3-1-2-4-10(9)14/h1-4,7,14H,5-6,12H2. The van der Waals surface area contributed by atoms with Gasteiger partial charge in [0, 0.05) is 11.1 Å². The summed E-state index contributed by atoms with van der Waals surface area (Å²) in [4.78, 5) is 5.42. The summed E-state index contributed by atoms with van der Waals surface area (Å²) in [5.74, 6) is 0.270. The molecule has 0 aliphatic heterocycles. The third-order valence-electron chi connectivity index (χ3n) is 2.08. The van der Waals surface area contributed by atoms with Gasteiger partial charge in [-0.25, -0.2) is 4.98 Å². The molecule has 2 rings (SSSR count). The van der Waals surface area contributed by atoms with Crippen molar-refractivity contribution in [1.82, 2.24) is 4.98 Å². The van der Waals surface area contributed by atoms with Gasteiger partial charge in [-0.1, -0.05) is 12.1 Å². The Bertz CT molecular complexity index is 453. The number of nitrogens with zero attached hydrogens (tertiary/aromatic N) is 1. The van der Waals surface area contributed by atoms with Crippen LogP contribution in [0, 0.1) is 0 Å². The summed E-state index contributed by atoms with van der Waals surface area (Å²) in [5.41, 5.74) is 6.25. The van der Waals surface area contributed by atoms with Gasteiger partial charge in [-0.15, -0.1) is 11.3 Å². The maximum atomic E-state index is 9.65. The largest absolute Gasteiger partial charge is 0.507 e. The molecule has 1 aromatic heterocycles. The highest BCUT2D eigenvalue weighted by Crippen LogP contribution is 2.31. The van der Waals surface area contributed by atoms with Crippen LogP contribution in [0.5, 0.6) is 5.75 Å². The molecule has 0 spiro atoms. The smallest absolute Gasteiger partial charge is 0.127 e. The van der Waals surface area contributed by atoms with E-state index in [1.807, 2.05) is 18.3 Å². The Morgan fingerprint density at radius 3 is 2.87 bits per heavy atom. The minimum atomic E-state index is 0.270. The molecule has 0 saturated heterocycles. The topological polar surface area (TPSA) is 59.1 Å². The molecule has 78 valence electrons. The van der Waals surface area contributed by atoms with Crippen molar-refractivity contribution in [3.63, 3.8) is 0 Å². The summed E-state index contributed by atoms with van der Waals surface area (Å²) < 4.78 is 0. The monoisotopic (exact) mass is 220 g/mol. The molecule has 2 aromatic rings. The van der Waals surface area contributed by atoms with E-state index >= 15 is 0 Å². The van der Waals surface area contributed by atoms with Crippen LogP contribution in [-0.2, 0) is 6.42 Å². The van der Waals surface area contributed by atoms with E-state index < -0.39 is 0 Å². The molecule has 0 saturated carbocycles. The van der Waals surface area contributed by atoms with Gasteiger partial charge >= 0.3 is 0 Å². The van der Waals surface area contributed by atoms with E-state index in [0.717, 1.165) is 21.9 Å². The van der Waals surface area contributed by atoms with Crippen LogP contribution in [0.1, 0.15) is 4.88 Å². The van der Waals surface area contributed by atoms with E-state index in [1.165, 1.54) is 0 Å². The van der Waals surface area contributed by atoms with E-state index in [2.05, 4.69) is 4.98 Å². The van der Waals surface area contributed by atoms with Gasteiger partial charge < -0.3 is 10.8 Å². The number of aromatic hydroxyl groups is 1. The van der Waals surface area contributed by atoms with E-state index in [1.54, 1.807) is 23.5 Å². The van der Waals surface area contributed by atoms with E-state index in [4.69, 9.17) is 5.73 Å². The number of nitrogens with two attached hydrogens (primary N) is 1. The molecule has 0 unspecified atom stereocenters. The zero-order valence-corrected chi connectivity index (χ0v) is 9.00. The van der Waals surface area contributed by atoms with Crippen LogP contribution in [0.25, 0.3) is 10.6 Å². The van der Waals surface area contributed by atoms with Gasteiger partial charge in [-0.05, 0) is 25.1 Å². The number of thiazole rings is 1. The second kappa shape index (κ2) is 4.42. The summed E-state index contributed by atoms with van der Waals surface area (Å²) in [6, 6.07) is 7.21. The Balaban J connectivity index is 2.33. The number of hydrogen-bond acceptors (Lipinski definition) is 4. The number of benzene rings is 1. The van der Waals surface area contributed by atoms with Gasteiger partial charge in [0.15, 0.2) is 0 Å². The number of phenols is 1. The van der Waals surface area contributed by atoms with Gasteiger partial charge in [-0.3, -0.25) is 0 Å². The minimum absolute atomic E-state index is 0.270. The van der Waals surface area contributed by atoms with Crippen molar-refractivity contribution in [3.8, 4) is 16.3 Å². The Hall–Kier alpha value is -1.39. The molecular weight excluding hydrogens is 208 g/mol. The van der Waals surface area contributed by atoms with E-state index in [9.17, 15) is 5.11 Å². The van der Waals surface area contributed by atoms with Crippen LogP contribution in [0.15, 0.2) is 30.5 Å². The second-order valence-electron chi connectivity index (χ2n) is 3.19. The number of rotatable bonds is 3. The van der Waals surface area contributed by atoms with Crippen molar-refractivity contribution in [2.75, 3.05) is 6.54 Å². The lowest BCUT2D eigenvalue weighted by Crippen LogP contribution is -2.00. The highest BCUT2D eigenvalue weighted by molar-refractivity contribution is 7.15. The molecule has 0 aliphatic carbocycles. The third kappa shape index (κ3) is 2.16. The maximum absolute atomic E-state index is 9.65. The number of para-hydroxylation sites is 1. The molecular formula is C11H12N2OS. The average Bonchev–Trinajstić information content (AvgIpc) is 2.68. The van der Waals surface area contributed by atoms with Gasteiger partial charge in [0.05, 0.1) is 5.56 Å². The maximum Gasteiger partial charge on any atom is 0.127 e. The highest BCUT2D eigenvalue weighted by atomic mass is 32.1. The fourth-order valence-electron chi connectivity index (χ4n) is 1.34. The summed E-state index contributed by atoms with van der Waals surface area (Å²) in [5, 5.41) is 10.5. The van der Waals surface area contributed by atoms with Gasteiger partial charge in [0.2, 0.25) is 0 Å². The molecule has 1 heterocycles. The van der Waals surface area contributed by atoms with Crippen LogP contribution in [-0.4, -0.2) is 16.6 Å². The molecule has 0 atom stereocenters. The van der Waals surface area contributed by atoms with E-state index in [-0.39, 0.29) is 5.75 Å². The summed E-state index contributed by atoms with van der Waals surface area (Å²) in [6.45, 7) is 0.627. The summed E-state index contributed by atoms with van der Waals surface area (Å²) in [7, 11) is 0. The quantitative estimate of drug-likeness (QED) is 0.832. The average molecular weight is 220 g/mol. The molecule has 0 aliphatic rings. The molecule has 3 N–H and O–H groups in total. The Morgan fingerprint density at radius 1 is 1.33 bits per heavy atom. The second-order valence-corrected chi connectivity index (χ2v) is 4.30. The molecule has 4 heteroatoms. The Labute approximate surface area is 92.2 Å². The minimum Gasteiger partial charge on any atom is -0.507 e. The molecule has 0 radical (unpaired) electrons. The van der Waals surface area contributed by atoms with Crippen LogP contribution >= 0.6 is 11.3 Å². The first kappa shape index (κ1) is 10.1. The zero-order valence-electron chi connectivity index (χ0n) is 8.18. The Kier molecular flexibility index (Phi) is 2.99. The first-order valence-electron chi connectivity index (χ1n) is 4.74. The van der Waals surface area contributed by atoms with Crippen molar-refractivity contribution in [1.29, 1.82) is 0 Å². The van der Waals surface area contributed by atoms with Gasteiger partial charge in [0.1, 0.15) is 10.8 Å². The van der Waals surface area contributed by atoms with Crippen LogP contribution in [0.3, 0.4) is 0 Å². The van der Waals surface area contributed by atoms with Crippen molar-refractivity contribution in [2.45, 2.75) is 6.42 Å². The first-order valence-corrected chi connectivity index (χ1v) is 5.56. The zero-order chi connectivity index (χ0) is 10.7. The van der Waals surface area contributed by atoms with Crippen LogP contribution in [0.4, 0.5) is 0 Å². The van der Waals surface area contributed by atoms with E-state index in [0.29, 0.717) is 6.54 Å². The number of aromatic nitrogens is 1. The molecule has 1 aromatic carbocycles. The highest BCUT2D eigenvalue weighted by Gasteiger charge is 2.07. The van der Waals surface area contributed by atoms with Gasteiger partial charge in [0.25, 0.3) is 0 Å². The predicted molar refractivity (Wildman–Crippen MR) is 62.0 cm³/mol. The lowest BCUT2D eigenvalue weighted by molar-refractivity contribution is 0.477. The van der Waals surface area contributed by atoms with Crippen molar-refractivity contribution < 1.29 is 5.11 Å². The predicted octanol–water partition coefficient (Wildman–Crippen LogP) is 2.02. The van der Waals surface area contributed by atoms with Gasteiger partial charge in [-0.2, -0.15) is 0 Å². The van der Waals surface area contributed by atoms with Crippen molar-refractivity contribution in [3.05, 3.63) is 35.3 Å². The summed E-state index contributed by atoms with van der Waals surface area (Å²) in [6.07, 6.45) is 2.66. The number of hydrogen-bond donors (Lipinski definition) is 2. The third-order valence-corrected chi connectivity index (χ3v) is 3.17. The molecule has 0 amide bonds. The normalized spacial score (nSPS) is 10.5. The van der Waals surface area contributed by atoms with Crippen molar-refractivity contribution in [2.24, 2.45) is 5.73 Å².